The number of carbonyl (C=O) groups is 1. The minimum atomic E-state index is 0.100. The first kappa shape index (κ1) is 23.0. The van der Waals surface area contributed by atoms with Gasteiger partial charge in [0.2, 0.25) is 5.91 Å². The molecule has 186 valence electrons. The minimum Gasteiger partial charge on any atom is -0.497 e. The Labute approximate surface area is 214 Å². The van der Waals surface area contributed by atoms with Crippen LogP contribution in [0.5, 0.6) is 5.75 Å². The Morgan fingerprint density at radius 2 is 1.65 bits per heavy atom. The van der Waals surface area contributed by atoms with Gasteiger partial charge in [-0.25, -0.2) is 0 Å². The second kappa shape index (κ2) is 9.89. The summed E-state index contributed by atoms with van der Waals surface area (Å²) in [6.45, 7) is 0. The van der Waals surface area contributed by atoms with Gasteiger partial charge >= 0.3 is 0 Å². The molecule has 0 radical (unpaired) electrons. The van der Waals surface area contributed by atoms with Crippen molar-refractivity contribution in [2.45, 2.75) is 32.1 Å². The van der Waals surface area contributed by atoms with E-state index in [1.54, 1.807) is 11.6 Å². The molecular weight excluding hydrogens is 464 g/mol. The van der Waals surface area contributed by atoms with Gasteiger partial charge < -0.3 is 15.4 Å². The number of nitrogens with one attached hydrogen (secondary N) is 2. The highest BCUT2D eigenvalue weighted by atomic mass is 16.5. The van der Waals surface area contributed by atoms with Gasteiger partial charge in [0.25, 0.3) is 0 Å². The smallest absolute Gasteiger partial charge is 0.227 e. The number of anilines is 3. The number of methoxy groups -OCH3 is 1. The summed E-state index contributed by atoms with van der Waals surface area (Å²) >= 11 is 0. The molecule has 8 heteroatoms. The highest BCUT2D eigenvalue weighted by Gasteiger charge is 2.21. The van der Waals surface area contributed by atoms with Crippen molar-refractivity contribution in [2.75, 3.05) is 17.7 Å². The van der Waals surface area contributed by atoms with Gasteiger partial charge in [0.05, 0.1) is 7.11 Å². The molecule has 0 bridgehead atoms. The Kier molecular flexibility index (Phi) is 6.14. The van der Waals surface area contributed by atoms with E-state index in [1.807, 2.05) is 72.8 Å². The van der Waals surface area contributed by atoms with Gasteiger partial charge in [-0.15, -0.1) is 15.3 Å². The molecule has 1 fully saturated rings. The summed E-state index contributed by atoms with van der Waals surface area (Å²) in [5.41, 5.74) is 3.17. The number of ether oxygens (including phenoxy) is 1. The molecule has 1 aliphatic carbocycles. The molecule has 0 spiro atoms. The number of rotatable bonds is 6. The van der Waals surface area contributed by atoms with Crippen LogP contribution in [0.15, 0.2) is 72.8 Å². The topological polar surface area (TPSA) is 93.4 Å². The molecule has 0 unspecified atom stereocenters. The van der Waals surface area contributed by atoms with Crippen molar-refractivity contribution in [3.05, 3.63) is 72.8 Å². The summed E-state index contributed by atoms with van der Waals surface area (Å²) in [4.78, 5) is 12.8. The van der Waals surface area contributed by atoms with Gasteiger partial charge in [-0.3, -0.25) is 4.79 Å². The van der Waals surface area contributed by atoms with E-state index < -0.39 is 0 Å². The standard InChI is InChI=1S/C29H28N6O2/c1-37-23-16-14-19(15-17-23)27-32-33-28-25-13-6-5-12-24(25)26(34-35(27)28)30-21-10-7-11-22(18-21)31-29(36)20-8-3-2-4-9-20/h5-7,10-18,20H,2-4,8-9H2,1H3,(H,30,34)(H,31,36). The molecule has 0 saturated heterocycles. The fourth-order valence-corrected chi connectivity index (χ4v) is 5.01. The number of hydrogen-bond donors (Lipinski definition) is 2. The van der Waals surface area contributed by atoms with Gasteiger partial charge in [0.15, 0.2) is 17.3 Å². The lowest BCUT2D eigenvalue weighted by Crippen LogP contribution is -2.24. The lowest BCUT2D eigenvalue weighted by atomic mass is 9.88. The third kappa shape index (κ3) is 4.58. The lowest BCUT2D eigenvalue weighted by molar-refractivity contribution is -0.120. The van der Waals surface area contributed by atoms with E-state index in [0.29, 0.717) is 17.3 Å². The number of fused-ring (bicyclic) bond motifs is 3. The highest BCUT2D eigenvalue weighted by molar-refractivity contribution is 6.01. The zero-order valence-electron chi connectivity index (χ0n) is 20.6. The molecule has 8 nitrogen and oxygen atoms in total. The summed E-state index contributed by atoms with van der Waals surface area (Å²) in [5, 5.41) is 22.2. The van der Waals surface area contributed by atoms with Crippen LogP contribution in [0.4, 0.5) is 17.2 Å². The third-order valence-electron chi connectivity index (χ3n) is 6.98. The normalized spacial score (nSPS) is 14.1. The highest BCUT2D eigenvalue weighted by Crippen LogP contribution is 2.31. The van der Waals surface area contributed by atoms with Crippen LogP contribution >= 0.6 is 0 Å². The maximum atomic E-state index is 12.8. The molecule has 2 heterocycles. The Bertz CT molecular complexity index is 1570. The van der Waals surface area contributed by atoms with Gasteiger partial charge in [0.1, 0.15) is 5.75 Å². The first-order valence-corrected chi connectivity index (χ1v) is 12.7. The van der Waals surface area contributed by atoms with E-state index in [-0.39, 0.29) is 11.8 Å². The van der Waals surface area contributed by atoms with Crippen LogP contribution in [0.3, 0.4) is 0 Å². The number of amides is 1. The molecule has 3 aromatic carbocycles. The molecule has 2 aromatic heterocycles. The predicted octanol–water partition coefficient (Wildman–Crippen LogP) is 6.22. The van der Waals surface area contributed by atoms with Crippen LogP contribution in [-0.2, 0) is 4.79 Å². The monoisotopic (exact) mass is 492 g/mol. The molecule has 1 aliphatic rings. The Hall–Kier alpha value is -4.46. The molecule has 37 heavy (non-hydrogen) atoms. The van der Waals surface area contributed by atoms with Crippen molar-refractivity contribution in [3.8, 4) is 17.1 Å². The van der Waals surface area contributed by atoms with E-state index in [0.717, 1.165) is 59.1 Å². The van der Waals surface area contributed by atoms with E-state index in [1.165, 1.54) is 6.42 Å². The van der Waals surface area contributed by atoms with Crippen LogP contribution in [0.25, 0.3) is 27.8 Å². The summed E-state index contributed by atoms with van der Waals surface area (Å²) in [7, 11) is 1.64. The predicted molar refractivity (Wildman–Crippen MR) is 145 cm³/mol. The van der Waals surface area contributed by atoms with E-state index in [2.05, 4.69) is 20.8 Å². The average Bonchev–Trinajstić information content (AvgIpc) is 3.38. The molecule has 2 N–H and O–H groups in total. The van der Waals surface area contributed by atoms with Gasteiger partial charge in [-0.05, 0) is 55.3 Å². The summed E-state index contributed by atoms with van der Waals surface area (Å²) in [6, 6.07) is 23.4. The fraction of sp³-hybridized carbons (Fsp3) is 0.241. The zero-order chi connectivity index (χ0) is 25.2. The summed E-state index contributed by atoms with van der Waals surface area (Å²) in [5.74, 6) is 2.29. The fourth-order valence-electron chi connectivity index (χ4n) is 5.01. The number of aromatic nitrogens is 4. The van der Waals surface area contributed by atoms with Crippen molar-refractivity contribution < 1.29 is 9.53 Å². The van der Waals surface area contributed by atoms with Gasteiger partial charge in [0, 0.05) is 33.6 Å². The van der Waals surface area contributed by atoms with Gasteiger partial charge in [-0.2, -0.15) is 4.52 Å². The van der Waals surface area contributed by atoms with Crippen LogP contribution < -0.4 is 15.4 Å². The minimum absolute atomic E-state index is 0.100. The summed E-state index contributed by atoms with van der Waals surface area (Å²) in [6.07, 6.45) is 5.41. The zero-order valence-corrected chi connectivity index (χ0v) is 20.6. The summed E-state index contributed by atoms with van der Waals surface area (Å²) < 4.78 is 7.06. The maximum absolute atomic E-state index is 12.8. The first-order valence-electron chi connectivity index (χ1n) is 12.7. The number of nitrogens with zero attached hydrogens (tertiary/aromatic N) is 4. The number of carbonyl (C=O) groups excluding carboxylic acids is 1. The second-order valence-electron chi connectivity index (χ2n) is 9.41. The lowest BCUT2D eigenvalue weighted by Gasteiger charge is -2.21. The van der Waals surface area contributed by atoms with Crippen LogP contribution in [0, 0.1) is 5.92 Å². The Morgan fingerprint density at radius 1 is 0.892 bits per heavy atom. The van der Waals surface area contributed by atoms with Crippen molar-refractivity contribution in [1.82, 2.24) is 19.8 Å². The number of hydrogen-bond acceptors (Lipinski definition) is 6. The average molecular weight is 493 g/mol. The van der Waals surface area contributed by atoms with Crippen LogP contribution in [-0.4, -0.2) is 32.8 Å². The van der Waals surface area contributed by atoms with Gasteiger partial charge in [-0.1, -0.05) is 49.6 Å². The molecule has 0 atom stereocenters. The van der Waals surface area contributed by atoms with Crippen molar-refractivity contribution in [3.63, 3.8) is 0 Å². The maximum Gasteiger partial charge on any atom is 0.227 e. The second-order valence-corrected chi connectivity index (χ2v) is 9.41. The van der Waals surface area contributed by atoms with E-state index >= 15 is 0 Å². The van der Waals surface area contributed by atoms with E-state index in [9.17, 15) is 4.79 Å². The molecule has 5 aromatic rings. The van der Waals surface area contributed by atoms with Crippen molar-refractivity contribution >= 4 is 39.5 Å². The molecular formula is C29H28N6O2. The Balaban J connectivity index is 1.35. The van der Waals surface area contributed by atoms with Crippen molar-refractivity contribution in [2.24, 2.45) is 5.92 Å². The van der Waals surface area contributed by atoms with Crippen LogP contribution in [0.2, 0.25) is 0 Å². The largest absolute Gasteiger partial charge is 0.497 e. The number of benzene rings is 3. The molecule has 1 amide bonds. The van der Waals surface area contributed by atoms with E-state index in [4.69, 9.17) is 9.84 Å². The van der Waals surface area contributed by atoms with Crippen molar-refractivity contribution in [1.29, 1.82) is 0 Å². The SMILES string of the molecule is COc1ccc(-c2nnc3c4ccccc4c(Nc4cccc(NC(=O)C5CCCCC5)c4)nn23)cc1. The third-order valence-corrected chi connectivity index (χ3v) is 6.98. The van der Waals surface area contributed by atoms with Crippen LogP contribution in [0.1, 0.15) is 32.1 Å². The first-order chi connectivity index (χ1) is 18.2. The Morgan fingerprint density at radius 3 is 2.43 bits per heavy atom. The molecule has 1 saturated carbocycles. The quantitative estimate of drug-likeness (QED) is 0.292. The molecule has 6 rings (SSSR count). The molecule has 0 aliphatic heterocycles.